The Kier molecular flexibility index (Phi) is 5.97. The van der Waals surface area contributed by atoms with Gasteiger partial charge in [0.1, 0.15) is 17.5 Å². The normalized spacial score (nSPS) is 12.2. The van der Waals surface area contributed by atoms with E-state index in [9.17, 15) is 9.59 Å². The van der Waals surface area contributed by atoms with Gasteiger partial charge in [0.15, 0.2) is 0 Å². The number of nitrogens with one attached hydrogen (secondary N) is 2. The molecule has 22 heavy (non-hydrogen) atoms. The van der Waals surface area contributed by atoms with Crippen molar-refractivity contribution < 1.29 is 19.1 Å². The van der Waals surface area contributed by atoms with Gasteiger partial charge in [-0.3, -0.25) is 0 Å². The van der Waals surface area contributed by atoms with Gasteiger partial charge < -0.3 is 25.8 Å². The smallest absolute Gasteiger partial charge is 0.408 e. The molecule has 1 rings (SSSR count). The number of carbonyl (C=O) groups excluding carboxylic acids is 2. The highest BCUT2D eigenvalue weighted by Gasteiger charge is 2.25. The van der Waals surface area contributed by atoms with E-state index in [1.54, 1.807) is 39.1 Å². The van der Waals surface area contributed by atoms with Crippen molar-refractivity contribution in [1.29, 1.82) is 0 Å². The van der Waals surface area contributed by atoms with Gasteiger partial charge in [0.2, 0.25) is 0 Å². The molecule has 0 bridgehead atoms. The monoisotopic (exact) mass is 310 g/mol. The van der Waals surface area contributed by atoms with Crippen molar-refractivity contribution in [2.75, 3.05) is 24.7 Å². The molecule has 1 aromatic rings. The van der Waals surface area contributed by atoms with Gasteiger partial charge in [-0.1, -0.05) is 0 Å². The molecule has 1 aromatic heterocycles. The van der Waals surface area contributed by atoms with Gasteiger partial charge in [0.25, 0.3) is 0 Å². The minimum absolute atomic E-state index is 0.0626. The molecule has 1 unspecified atom stereocenters. The Morgan fingerprint density at radius 3 is 2.64 bits per heavy atom. The van der Waals surface area contributed by atoms with Crippen molar-refractivity contribution in [3.63, 3.8) is 0 Å². The van der Waals surface area contributed by atoms with Crippen molar-refractivity contribution in [2.24, 2.45) is 0 Å². The predicted octanol–water partition coefficient (Wildman–Crippen LogP) is 1.14. The molecule has 1 amide bonds. The van der Waals surface area contributed by atoms with Gasteiger partial charge in [-0.2, -0.15) is 0 Å². The first-order valence-electron chi connectivity index (χ1n) is 6.74. The Labute approximate surface area is 129 Å². The first-order chi connectivity index (χ1) is 10.2. The standard InChI is InChI=1S/C14H22N4O4/c1-14(2,3)22-13(20)18-10(12(19)21-4)8-17-11-9(15)6-5-7-16-11/h5-7,10H,8,15H2,1-4H3,(H,16,17)(H,18,20). The van der Waals surface area contributed by atoms with E-state index in [1.165, 1.54) is 7.11 Å². The second kappa shape index (κ2) is 7.48. The molecule has 0 fully saturated rings. The fourth-order valence-electron chi connectivity index (χ4n) is 1.55. The molecule has 4 N–H and O–H groups in total. The van der Waals surface area contributed by atoms with E-state index in [0.29, 0.717) is 11.5 Å². The number of hydrogen-bond donors (Lipinski definition) is 3. The van der Waals surface area contributed by atoms with Crippen LogP contribution in [0, 0.1) is 0 Å². The van der Waals surface area contributed by atoms with E-state index in [-0.39, 0.29) is 6.54 Å². The van der Waals surface area contributed by atoms with Gasteiger partial charge in [-0.25, -0.2) is 14.6 Å². The number of nitrogens with two attached hydrogens (primary N) is 1. The van der Waals surface area contributed by atoms with Crippen molar-refractivity contribution >= 4 is 23.6 Å². The number of carbonyl (C=O) groups is 2. The van der Waals surface area contributed by atoms with Crippen molar-refractivity contribution in [1.82, 2.24) is 10.3 Å². The largest absolute Gasteiger partial charge is 0.467 e. The van der Waals surface area contributed by atoms with Gasteiger partial charge >= 0.3 is 12.1 Å². The Bertz CT molecular complexity index is 528. The van der Waals surface area contributed by atoms with Gasteiger partial charge in [0.05, 0.1) is 12.8 Å². The van der Waals surface area contributed by atoms with E-state index in [0.717, 1.165) is 0 Å². The lowest BCUT2D eigenvalue weighted by Gasteiger charge is -2.23. The molecule has 0 radical (unpaired) electrons. The number of alkyl carbamates (subject to hydrolysis) is 1. The Morgan fingerprint density at radius 2 is 2.09 bits per heavy atom. The number of ether oxygens (including phenoxy) is 2. The maximum Gasteiger partial charge on any atom is 0.408 e. The molecular weight excluding hydrogens is 288 g/mol. The summed E-state index contributed by atoms with van der Waals surface area (Å²) in [5, 5.41) is 5.34. The lowest BCUT2D eigenvalue weighted by atomic mass is 10.2. The number of methoxy groups -OCH3 is 1. The minimum Gasteiger partial charge on any atom is -0.467 e. The summed E-state index contributed by atoms with van der Waals surface area (Å²) in [7, 11) is 1.24. The number of pyridine rings is 1. The molecule has 0 aliphatic carbocycles. The average Bonchev–Trinajstić information content (AvgIpc) is 2.42. The van der Waals surface area contributed by atoms with Crippen LogP contribution in [0.15, 0.2) is 18.3 Å². The van der Waals surface area contributed by atoms with Crippen LogP contribution in [0.2, 0.25) is 0 Å². The van der Waals surface area contributed by atoms with Crippen LogP contribution in [0.25, 0.3) is 0 Å². The number of hydrogen-bond acceptors (Lipinski definition) is 7. The Hall–Kier alpha value is -2.51. The number of esters is 1. The summed E-state index contributed by atoms with van der Waals surface area (Å²) in [6, 6.07) is 2.43. The zero-order valence-corrected chi connectivity index (χ0v) is 13.2. The Balaban J connectivity index is 2.67. The number of aromatic nitrogens is 1. The van der Waals surface area contributed by atoms with Crippen LogP contribution in [0.5, 0.6) is 0 Å². The van der Waals surface area contributed by atoms with Crippen LogP contribution in [-0.4, -0.2) is 42.3 Å². The lowest BCUT2D eigenvalue weighted by molar-refractivity contribution is -0.142. The second-order valence-corrected chi connectivity index (χ2v) is 5.54. The van der Waals surface area contributed by atoms with Crippen LogP contribution in [0.4, 0.5) is 16.3 Å². The second-order valence-electron chi connectivity index (χ2n) is 5.54. The molecule has 1 atom stereocenters. The molecule has 8 nitrogen and oxygen atoms in total. The molecule has 0 aliphatic heterocycles. The number of nitrogens with zero attached hydrogens (tertiary/aromatic N) is 1. The van der Waals surface area contributed by atoms with Crippen molar-refractivity contribution in [3.05, 3.63) is 18.3 Å². The molecular formula is C14H22N4O4. The van der Waals surface area contributed by atoms with Gasteiger partial charge in [-0.05, 0) is 32.9 Å². The molecule has 0 aromatic carbocycles. The summed E-state index contributed by atoms with van der Waals surface area (Å²) in [5.41, 5.74) is 5.52. The van der Waals surface area contributed by atoms with Crippen molar-refractivity contribution in [3.8, 4) is 0 Å². The summed E-state index contributed by atoms with van der Waals surface area (Å²) in [5.74, 6) is -0.185. The topological polar surface area (TPSA) is 116 Å². The van der Waals surface area contributed by atoms with Crippen LogP contribution < -0.4 is 16.4 Å². The molecule has 0 saturated carbocycles. The summed E-state index contributed by atoms with van der Waals surface area (Å²) in [6.45, 7) is 5.25. The van der Waals surface area contributed by atoms with Crippen LogP contribution >= 0.6 is 0 Å². The van der Waals surface area contributed by atoms with Crippen LogP contribution in [0.1, 0.15) is 20.8 Å². The summed E-state index contributed by atoms with van der Waals surface area (Å²) < 4.78 is 9.77. The van der Waals surface area contributed by atoms with Crippen LogP contribution in [0.3, 0.4) is 0 Å². The number of anilines is 2. The zero-order valence-electron chi connectivity index (χ0n) is 13.2. The van der Waals surface area contributed by atoms with Gasteiger partial charge in [0, 0.05) is 12.7 Å². The van der Waals surface area contributed by atoms with E-state index in [1.807, 2.05) is 0 Å². The molecule has 0 saturated heterocycles. The maximum atomic E-state index is 11.8. The summed E-state index contributed by atoms with van der Waals surface area (Å²) >= 11 is 0. The van der Waals surface area contributed by atoms with E-state index < -0.39 is 23.7 Å². The SMILES string of the molecule is COC(=O)C(CNc1ncccc1N)NC(=O)OC(C)(C)C. The quantitative estimate of drug-likeness (QED) is 0.698. The molecule has 8 heteroatoms. The number of nitrogen functional groups attached to an aromatic ring is 1. The molecule has 1 heterocycles. The first-order valence-corrected chi connectivity index (χ1v) is 6.74. The highest BCUT2D eigenvalue weighted by molar-refractivity contribution is 5.82. The fraction of sp³-hybridized carbons (Fsp3) is 0.500. The van der Waals surface area contributed by atoms with E-state index >= 15 is 0 Å². The van der Waals surface area contributed by atoms with Gasteiger partial charge in [-0.15, -0.1) is 0 Å². The van der Waals surface area contributed by atoms with Crippen LogP contribution in [-0.2, 0) is 14.3 Å². The highest BCUT2D eigenvalue weighted by atomic mass is 16.6. The van der Waals surface area contributed by atoms with E-state index in [4.69, 9.17) is 10.5 Å². The molecule has 0 spiro atoms. The minimum atomic E-state index is -0.929. The first kappa shape index (κ1) is 17.5. The highest BCUT2D eigenvalue weighted by Crippen LogP contribution is 2.13. The maximum absolute atomic E-state index is 11.8. The van der Waals surface area contributed by atoms with E-state index in [2.05, 4.69) is 20.4 Å². The third kappa shape index (κ3) is 5.86. The molecule has 0 aliphatic rings. The third-order valence-corrected chi connectivity index (χ3v) is 2.49. The fourth-order valence-corrected chi connectivity index (χ4v) is 1.55. The third-order valence-electron chi connectivity index (χ3n) is 2.49. The predicted molar refractivity (Wildman–Crippen MR) is 82.3 cm³/mol. The lowest BCUT2D eigenvalue weighted by Crippen LogP contribution is -2.47. The average molecular weight is 310 g/mol. The summed E-state index contributed by atoms with van der Waals surface area (Å²) in [4.78, 5) is 27.5. The molecule has 122 valence electrons. The Morgan fingerprint density at radius 1 is 1.41 bits per heavy atom. The number of amides is 1. The summed E-state index contributed by atoms with van der Waals surface area (Å²) in [6.07, 6.45) is 0.853. The zero-order chi connectivity index (χ0) is 16.8. The number of rotatable bonds is 5. The van der Waals surface area contributed by atoms with Crippen molar-refractivity contribution in [2.45, 2.75) is 32.4 Å².